The van der Waals surface area contributed by atoms with E-state index in [-0.39, 0.29) is 6.04 Å². The quantitative estimate of drug-likeness (QED) is 0.522. The van der Waals surface area contributed by atoms with Gasteiger partial charge < -0.3 is 9.47 Å². The lowest BCUT2D eigenvalue weighted by Crippen LogP contribution is -2.38. The molecular formula is C22H25N3O4S. The van der Waals surface area contributed by atoms with Crippen LogP contribution >= 0.6 is 11.8 Å². The molecule has 0 saturated carbocycles. The van der Waals surface area contributed by atoms with Gasteiger partial charge in [0.05, 0.1) is 24.3 Å². The molecule has 8 heteroatoms. The fraction of sp³-hybridized carbons (Fsp3) is 0.364. The molecule has 2 aliphatic rings. The van der Waals surface area contributed by atoms with E-state index in [9.17, 15) is 4.79 Å². The van der Waals surface area contributed by atoms with Gasteiger partial charge in [-0.05, 0) is 29.8 Å². The van der Waals surface area contributed by atoms with Crippen LogP contribution in [0.25, 0.3) is 0 Å². The van der Waals surface area contributed by atoms with Gasteiger partial charge in [-0.15, -0.1) is 0 Å². The number of hydroxylamine groups is 1. The molecule has 0 aromatic heterocycles. The fourth-order valence-electron chi connectivity index (χ4n) is 3.52. The summed E-state index contributed by atoms with van der Waals surface area (Å²) in [5.41, 5.74) is 3.64. The van der Waals surface area contributed by atoms with Gasteiger partial charge in [0, 0.05) is 25.2 Å². The number of rotatable bonds is 7. The molecule has 0 radical (unpaired) electrons. The zero-order valence-electron chi connectivity index (χ0n) is 16.6. The highest BCUT2D eigenvalue weighted by molar-refractivity contribution is 8.15. The third kappa shape index (κ3) is 5.02. The third-order valence-corrected chi connectivity index (χ3v) is 6.46. The van der Waals surface area contributed by atoms with Crippen LogP contribution in [0.15, 0.2) is 59.6 Å². The number of carbonyl (C=O) groups is 1. The van der Waals surface area contributed by atoms with Gasteiger partial charge in [0.1, 0.15) is 17.6 Å². The van der Waals surface area contributed by atoms with E-state index in [1.165, 1.54) is 11.8 Å². The molecule has 1 amide bonds. The molecule has 0 bridgehead atoms. The van der Waals surface area contributed by atoms with Crippen LogP contribution < -0.4 is 10.2 Å². The summed E-state index contributed by atoms with van der Waals surface area (Å²) in [6.07, 6.45) is 0. The number of hydrogen-bond acceptors (Lipinski definition) is 7. The van der Waals surface area contributed by atoms with E-state index >= 15 is 0 Å². The second kappa shape index (κ2) is 10.1. The molecule has 0 aliphatic carbocycles. The number of hydrogen-bond donors (Lipinski definition) is 2. The first-order valence-corrected chi connectivity index (χ1v) is 10.9. The summed E-state index contributed by atoms with van der Waals surface area (Å²) in [4.78, 5) is 19.3. The number of carbonyl (C=O) groups excluding carboxylic acids is 1. The molecule has 30 heavy (non-hydrogen) atoms. The number of aliphatic imine (C=N–C) groups is 1. The fourth-order valence-corrected chi connectivity index (χ4v) is 4.72. The van der Waals surface area contributed by atoms with Crippen LogP contribution in [0.5, 0.6) is 5.75 Å². The number of morpholine rings is 1. The van der Waals surface area contributed by atoms with Crippen molar-refractivity contribution in [2.24, 2.45) is 4.99 Å². The van der Waals surface area contributed by atoms with Gasteiger partial charge in [0.25, 0.3) is 5.91 Å². The van der Waals surface area contributed by atoms with Crippen LogP contribution in [0, 0.1) is 0 Å². The Morgan fingerprint density at radius 3 is 2.60 bits per heavy atom. The molecule has 4 rings (SSSR count). The minimum absolute atomic E-state index is 0.345. The van der Waals surface area contributed by atoms with Gasteiger partial charge in [-0.25, -0.2) is 5.48 Å². The number of nitrogens with zero attached hydrogens (tertiary/aromatic N) is 2. The molecule has 7 nitrogen and oxygen atoms in total. The first-order chi connectivity index (χ1) is 14.7. The molecule has 2 atom stereocenters. The smallest absolute Gasteiger partial charge is 0.259 e. The summed E-state index contributed by atoms with van der Waals surface area (Å²) in [7, 11) is 0. The lowest BCUT2D eigenvalue weighted by atomic mass is 10.0. The van der Waals surface area contributed by atoms with Crippen LogP contribution in [-0.4, -0.2) is 65.8 Å². The van der Waals surface area contributed by atoms with Gasteiger partial charge in [-0.2, -0.15) is 0 Å². The molecule has 2 N–H and O–H groups in total. The normalized spacial score (nSPS) is 21.8. The monoisotopic (exact) mass is 427 g/mol. The van der Waals surface area contributed by atoms with Crippen LogP contribution in [0.3, 0.4) is 0 Å². The first-order valence-electron chi connectivity index (χ1n) is 10.0. The maximum atomic E-state index is 12.2. The Labute approximate surface area is 180 Å². The SMILES string of the molecule is O=C(NO)C1SC(c2ccc(OCCN3CCOCC3)cc2)=NC1c1ccccc1. The van der Waals surface area contributed by atoms with E-state index in [0.717, 1.165) is 54.8 Å². The van der Waals surface area contributed by atoms with Crippen molar-refractivity contribution in [3.05, 3.63) is 65.7 Å². The highest BCUT2D eigenvalue weighted by atomic mass is 32.2. The van der Waals surface area contributed by atoms with E-state index in [2.05, 4.69) is 4.90 Å². The molecule has 2 heterocycles. The van der Waals surface area contributed by atoms with E-state index < -0.39 is 11.2 Å². The van der Waals surface area contributed by atoms with E-state index in [1.807, 2.05) is 54.6 Å². The summed E-state index contributed by atoms with van der Waals surface area (Å²) >= 11 is 1.36. The Bertz CT molecular complexity index is 870. The van der Waals surface area contributed by atoms with Gasteiger partial charge in [-0.3, -0.25) is 19.9 Å². The molecule has 1 saturated heterocycles. The van der Waals surface area contributed by atoms with Crippen LogP contribution in [-0.2, 0) is 9.53 Å². The predicted octanol–water partition coefficient (Wildman–Crippen LogP) is 2.51. The topological polar surface area (TPSA) is 83.4 Å². The predicted molar refractivity (Wildman–Crippen MR) is 116 cm³/mol. The number of benzene rings is 2. The van der Waals surface area contributed by atoms with Crippen molar-refractivity contribution < 1.29 is 19.5 Å². The molecule has 2 unspecified atom stereocenters. The lowest BCUT2D eigenvalue weighted by molar-refractivity contribution is -0.128. The summed E-state index contributed by atoms with van der Waals surface area (Å²) in [6, 6.07) is 17.1. The van der Waals surface area contributed by atoms with Crippen molar-refractivity contribution >= 4 is 22.7 Å². The van der Waals surface area contributed by atoms with Gasteiger partial charge in [-0.1, -0.05) is 42.1 Å². The Hall–Kier alpha value is -2.39. The van der Waals surface area contributed by atoms with Crippen molar-refractivity contribution in [3.8, 4) is 5.75 Å². The molecule has 2 aliphatic heterocycles. The zero-order chi connectivity index (χ0) is 20.8. The number of thioether (sulfide) groups is 1. The molecule has 1 fully saturated rings. The highest BCUT2D eigenvalue weighted by Gasteiger charge is 2.37. The second-order valence-electron chi connectivity index (χ2n) is 7.13. The van der Waals surface area contributed by atoms with E-state index in [1.54, 1.807) is 5.48 Å². The maximum Gasteiger partial charge on any atom is 0.259 e. The summed E-state index contributed by atoms with van der Waals surface area (Å²) in [5.74, 6) is 0.357. The molecule has 0 spiro atoms. The molecule has 2 aromatic carbocycles. The zero-order valence-corrected chi connectivity index (χ0v) is 17.4. The van der Waals surface area contributed by atoms with Crippen molar-refractivity contribution in [3.63, 3.8) is 0 Å². The number of nitrogens with one attached hydrogen (secondary N) is 1. The Balaban J connectivity index is 1.40. The lowest BCUT2D eigenvalue weighted by Gasteiger charge is -2.26. The van der Waals surface area contributed by atoms with Gasteiger partial charge >= 0.3 is 0 Å². The molecular weight excluding hydrogens is 402 g/mol. The molecule has 158 valence electrons. The Morgan fingerprint density at radius 2 is 1.90 bits per heavy atom. The minimum atomic E-state index is -0.517. The highest BCUT2D eigenvalue weighted by Crippen LogP contribution is 2.40. The van der Waals surface area contributed by atoms with Gasteiger partial charge in [0.15, 0.2) is 0 Å². The van der Waals surface area contributed by atoms with Crippen molar-refractivity contribution in [1.82, 2.24) is 10.4 Å². The summed E-state index contributed by atoms with van der Waals surface area (Å²) < 4.78 is 11.2. The number of amides is 1. The van der Waals surface area contributed by atoms with E-state index in [0.29, 0.717) is 6.61 Å². The minimum Gasteiger partial charge on any atom is -0.492 e. The van der Waals surface area contributed by atoms with Crippen LogP contribution in [0.1, 0.15) is 17.2 Å². The van der Waals surface area contributed by atoms with Gasteiger partial charge in [0.2, 0.25) is 0 Å². The first kappa shape index (κ1) is 20.9. The average Bonchev–Trinajstić information content (AvgIpc) is 3.26. The molecule has 2 aromatic rings. The second-order valence-corrected chi connectivity index (χ2v) is 8.26. The summed E-state index contributed by atoms with van der Waals surface area (Å²) in [6.45, 7) is 4.98. The Morgan fingerprint density at radius 1 is 1.17 bits per heavy atom. The number of ether oxygens (including phenoxy) is 2. The maximum absolute atomic E-state index is 12.2. The summed E-state index contributed by atoms with van der Waals surface area (Å²) in [5, 5.41) is 9.40. The standard InChI is InChI=1S/C22H25N3O4S/c26-21(24-27)20-19(16-4-2-1-3-5-16)23-22(30-20)17-6-8-18(9-7-17)29-15-12-25-10-13-28-14-11-25/h1-9,19-20,27H,10-15H2,(H,24,26). The van der Waals surface area contributed by atoms with Crippen molar-refractivity contribution in [1.29, 1.82) is 0 Å². The largest absolute Gasteiger partial charge is 0.492 e. The third-order valence-electron chi connectivity index (χ3n) is 5.17. The average molecular weight is 428 g/mol. The van der Waals surface area contributed by atoms with Crippen molar-refractivity contribution in [2.75, 3.05) is 39.5 Å². The van der Waals surface area contributed by atoms with Crippen molar-refractivity contribution in [2.45, 2.75) is 11.3 Å². The van der Waals surface area contributed by atoms with Crippen LogP contribution in [0.2, 0.25) is 0 Å². The van der Waals surface area contributed by atoms with Crippen LogP contribution in [0.4, 0.5) is 0 Å². The Kier molecular flexibility index (Phi) is 7.01. The van der Waals surface area contributed by atoms with E-state index in [4.69, 9.17) is 19.7 Å².